The quantitative estimate of drug-likeness (QED) is 0.840. The number of rotatable bonds is 5. The van der Waals surface area contributed by atoms with Crippen molar-refractivity contribution in [2.45, 2.75) is 33.2 Å². The highest BCUT2D eigenvalue weighted by Gasteiger charge is 2.22. The van der Waals surface area contributed by atoms with Gasteiger partial charge in [0, 0.05) is 13.1 Å². The van der Waals surface area contributed by atoms with Crippen LogP contribution in [0, 0.1) is 13.8 Å². The van der Waals surface area contributed by atoms with Gasteiger partial charge in [0.1, 0.15) is 6.04 Å². The lowest BCUT2D eigenvalue weighted by atomic mass is 10.1. The summed E-state index contributed by atoms with van der Waals surface area (Å²) in [6.07, 6.45) is 3.53. The summed E-state index contributed by atoms with van der Waals surface area (Å²) in [6, 6.07) is 5.18. The van der Waals surface area contributed by atoms with E-state index in [1.807, 2.05) is 32.0 Å². The topological polar surface area (TPSA) is 57.6 Å². The molecule has 4 heteroatoms. The van der Waals surface area contributed by atoms with Crippen LogP contribution < -0.4 is 0 Å². The van der Waals surface area contributed by atoms with E-state index in [9.17, 15) is 9.59 Å². The van der Waals surface area contributed by atoms with Crippen molar-refractivity contribution < 1.29 is 14.7 Å². The zero-order valence-electron chi connectivity index (χ0n) is 12.4. The molecule has 0 aliphatic heterocycles. The Hall–Kier alpha value is -2.10. The average Bonchev–Trinajstić information content (AvgIpc) is 2.37. The molecule has 1 atom stereocenters. The van der Waals surface area contributed by atoms with E-state index in [4.69, 9.17) is 5.11 Å². The first-order valence-corrected chi connectivity index (χ1v) is 6.61. The van der Waals surface area contributed by atoms with Gasteiger partial charge < -0.3 is 10.0 Å². The summed E-state index contributed by atoms with van der Waals surface area (Å²) in [5.41, 5.74) is 3.21. The lowest BCUT2D eigenvalue weighted by Gasteiger charge is -2.22. The number of carbonyl (C=O) groups is 2. The molecule has 0 radical (unpaired) electrons. The van der Waals surface area contributed by atoms with Crippen LogP contribution >= 0.6 is 0 Å². The van der Waals surface area contributed by atoms with Gasteiger partial charge in [-0.2, -0.15) is 0 Å². The maximum Gasteiger partial charge on any atom is 0.326 e. The third-order valence-electron chi connectivity index (χ3n) is 3.32. The van der Waals surface area contributed by atoms with Crippen LogP contribution in [-0.2, 0) is 9.59 Å². The Kier molecular flexibility index (Phi) is 5.50. The molecule has 1 aromatic carbocycles. The van der Waals surface area contributed by atoms with E-state index in [1.54, 1.807) is 13.0 Å². The molecule has 1 N–H and O–H groups in total. The number of amides is 1. The molecule has 1 aromatic rings. The maximum absolute atomic E-state index is 12.0. The fourth-order valence-electron chi connectivity index (χ4n) is 2.06. The number of benzene rings is 1. The molecule has 0 bridgehead atoms. The number of aliphatic carboxylic acids is 1. The van der Waals surface area contributed by atoms with Crippen molar-refractivity contribution in [3.05, 3.63) is 41.0 Å². The summed E-state index contributed by atoms with van der Waals surface area (Å²) < 4.78 is 0. The van der Waals surface area contributed by atoms with Crippen molar-refractivity contribution in [2.24, 2.45) is 0 Å². The molecule has 0 saturated heterocycles. The summed E-state index contributed by atoms with van der Waals surface area (Å²) in [5, 5.41) is 9.03. The van der Waals surface area contributed by atoms with Gasteiger partial charge in [-0.05, 0) is 37.5 Å². The molecular formula is C16H21NO3. The number of aryl methyl sites for hydroxylation is 2. The Balaban J connectivity index is 2.84. The van der Waals surface area contributed by atoms with Crippen LogP contribution in [0.5, 0.6) is 0 Å². The number of nitrogens with zero attached hydrogens (tertiary/aromatic N) is 1. The van der Waals surface area contributed by atoms with E-state index in [2.05, 4.69) is 0 Å². The molecule has 4 nitrogen and oxygen atoms in total. The third kappa shape index (κ3) is 3.95. The van der Waals surface area contributed by atoms with Crippen molar-refractivity contribution in [1.82, 2.24) is 4.90 Å². The SMILES string of the molecule is CCC(C(=O)O)N(C)C(=O)C=Cc1ccc(C)cc1C. The van der Waals surface area contributed by atoms with E-state index in [1.165, 1.54) is 23.6 Å². The first-order chi connectivity index (χ1) is 9.36. The molecule has 0 aliphatic rings. The number of hydrogen-bond acceptors (Lipinski definition) is 2. The highest BCUT2D eigenvalue weighted by molar-refractivity contribution is 5.94. The second-order valence-corrected chi connectivity index (χ2v) is 4.90. The lowest BCUT2D eigenvalue weighted by molar-refractivity contribution is -0.147. The molecule has 1 amide bonds. The van der Waals surface area contributed by atoms with Gasteiger partial charge in [-0.3, -0.25) is 4.79 Å². The van der Waals surface area contributed by atoms with Crippen LogP contribution in [0.1, 0.15) is 30.0 Å². The molecule has 0 aromatic heterocycles. The van der Waals surface area contributed by atoms with Crippen molar-refractivity contribution in [3.8, 4) is 0 Å². The average molecular weight is 275 g/mol. The summed E-state index contributed by atoms with van der Waals surface area (Å²) in [4.78, 5) is 24.3. The second-order valence-electron chi connectivity index (χ2n) is 4.90. The van der Waals surface area contributed by atoms with Gasteiger partial charge in [0.2, 0.25) is 5.91 Å². The van der Waals surface area contributed by atoms with Crippen LogP contribution in [-0.4, -0.2) is 35.0 Å². The summed E-state index contributed by atoms with van der Waals surface area (Å²) >= 11 is 0. The largest absolute Gasteiger partial charge is 0.480 e. The maximum atomic E-state index is 12.0. The normalized spacial score (nSPS) is 12.4. The van der Waals surface area contributed by atoms with Crippen LogP contribution in [0.25, 0.3) is 6.08 Å². The summed E-state index contributed by atoms with van der Waals surface area (Å²) in [6.45, 7) is 5.74. The van der Waals surface area contributed by atoms with Crippen LogP contribution in [0.2, 0.25) is 0 Å². The molecule has 20 heavy (non-hydrogen) atoms. The van der Waals surface area contributed by atoms with Gasteiger partial charge in [0.25, 0.3) is 0 Å². The molecule has 0 heterocycles. The highest BCUT2D eigenvalue weighted by Crippen LogP contribution is 2.12. The highest BCUT2D eigenvalue weighted by atomic mass is 16.4. The molecule has 1 unspecified atom stereocenters. The first kappa shape index (κ1) is 16.0. The van der Waals surface area contributed by atoms with Crippen LogP contribution in [0.4, 0.5) is 0 Å². The monoisotopic (exact) mass is 275 g/mol. The zero-order valence-corrected chi connectivity index (χ0v) is 12.4. The fourth-order valence-corrected chi connectivity index (χ4v) is 2.06. The number of carboxylic acid groups (broad SMARTS) is 1. The predicted octanol–water partition coefficient (Wildman–Crippen LogP) is 2.64. The van der Waals surface area contributed by atoms with Crippen molar-refractivity contribution in [3.63, 3.8) is 0 Å². The predicted molar refractivity (Wildman–Crippen MR) is 79.4 cm³/mol. The molecule has 0 spiro atoms. The Bertz CT molecular complexity index is 535. The minimum Gasteiger partial charge on any atom is -0.480 e. The number of carboxylic acids is 1. The standard InChI is InChI=1S/C16H21NO3/c1-5-14(16(19)20)17(4)15(18)9-8-13-7-6-11(2)10-12(13)3/h6-10,14H,5H2,1-4H3,(H,19,20). The molecule has 0 aliphatic carbocycles. The van der Waals surface area contributed by atoms with Gasteiger partial charge in [0.15, 0.2) is 0 Å². The van der Waals surface area contributed by atoms with E-state index in [0.29, 0.717) is 6.42 Å². The van der Waals surface area contributed by atoms with Crippen molar-refractivity contribution in [1.29, 1.82) is 0 Å². The van der Waals surface area contributed by atoms with Crippen LogP contribution in [0.3, 0.4) is 0 Å². The first-order valence-electron chi connectivity index (χ1n) is 6.61. The Morgan fingerprint density at radius 2 is 2.00 bits per heavy atom. The number of likely N-dealkylation sites (N-methyl/N-ethyl adjacent to an activating group) is 1. The summed E-state index contributed by atoms with van der Waals surface area (Å²) in [7, 11) is 1.51. The smallest absolute Gasteiger partial charge is 0.326 e. The lowest BCUT2D eigenvalue weighted by Crippen LogP contribution is -2.41. The minimum atomic E-state index is -0.983. The third-order valence-corrected chi connectivity index (χ3v) is 3.32. The van der Waals surface area contributed by atoms with E-state index < -0.39 is 12.0 Å². The summed E-state index contributed by atoms with van der Waals surface area (Å²) in [5.74, 6) is -1.29. The second kappa shape index (κ2) is 6.89. The minimum absolute atomic E-state index is 0.306. The van der Waals surface area contributed by atoms with Crippen molar-refractivity contribution >= 4 is 18.0 Å². The van der Waals surface area contributed by atoms with Crippen molar-refractivity contribution in [2.75, 3.05) is 7.05 Å². The van der Waals surface area contributed by atoms with Crippen LogP contribution in [0.15, 0.2) is 24.3 Å². The van der Waals surface area contributed by atoms with Gasteiger partial charge in [-0.25, -0.2) is 4.79 Å². The van der Waals surface area contributed by atoms with E-state index in [-0.39, 0.29) is 5.91 Å². The van der Waals surface area contributed by atoms with E-state index in [0.717, 1.165) is 11.1 Å². The van der Waals surface area contributed by atoms with Gasteiger partial charge in [-0.1, -0.05) is 30.7 Å². The Morgan fingerprint density at radius 1 is 1.35 bits per heavy atom. The fraction of sp³-hybridized carbons (Fsp3) is 0.375. The Morgan fingerprint density at radius 3 is 2.50 bits per heavy atom. The zero-order chi connectivity index (χ0) is 15.3. The van der Waals surface area contributed by atoms with E-state index >= 15 is 0 Å². The van der Waals surface area contributed by atoms with Gasteiger partial charge in [0.05, 0.1) is 0 Å². The number of carbonyl (C=O) groups excluding carboxylic acids is 1. The molecule has 1 rings (SSSR count). The molecule has 108 valence electrons. The van der Waals surface area contributed by atoms with Gasteiger partial charge >= 0.3 is 5.97 Å². The number of hydrogen-bond donors (Lipinski definition) is 1. The van der Waals surface area contributed by atoms with Gasteiger partial charge in [-0.15, -0.1) is 0 Å². The molecule has 0 fully saturated rings. The molecule has 0 saturated carbocycles. The molecular weight excluding hydrogens is 254 g/mol. The Labute approximate surface area is 119 Å².